The standard InChI is InChI=1S/C17H33NO3/c1-8-9-10-17(6,7)12-21-15(20)18-11-14(13(2)19)16(3,4)5/h14H,8-12H2,1-7H3,(H,18,20). The highest BCUT2D eigenvalue weighted by atomic mass is 16.5. The number of Topliss-reactive ketones (excluding diaryl/α,β-unsaturated/α-hetero) is 1. The molecule has 0 heterocycles. The van der Waals surface area contributed by atoms with E-state index < -0.39 is 6.09 Å². The summed E-state index contributed by atoms with van der Waals surface area (Å²) in [4.78, 5) is 23.4. The Kier molecular flexibility index (Phi) is 7.98. The first kappa shape index (κ1) is 19.9. The highest BCUT2D eigenvalue weighted by Gasteiger charge is 2.29. The third-order valence-corrected chi connectivity index (χ3v) is 3.79. The molecule has 124 valence electrons. The van der Waals surface area contributed by atoms with Crippen molar-refractivity contribution >= 4 is 11.9 Å². The van der Waals surface area contributed by atoms with Crippen molar-refractivity contribution in [1.82, 2.24) is 5.32 Å². The fraction of sp³-hybridized carbons (Fsp3) is 0.882. The van der Waals surface area contributed by atoms with Gasteiger partial charge in [0.15, 0.2) is 0 Å². The van der Waals surface area contributed by atoms with Crippen molar-refractivity contribution in [2.45, 2.75) is 67.7 Å². The van der Waals surface area contributed by atoms with Crippen molar-refractivity contribution in [2.75, 3.05) is 13.2 Å². The number of ether oxygens (including phenoxy) is 1. The van der Waals surface area contributed by atoms with Gasteiger partial charge < -0.3 is 10.1 Å². The molecular weight excluding hydrogens is 266 g/mol. The summed E-state index contributed by atoms with van der Waals surface area (Å²) in [5.41, 5.74) is -0.170. The first-order chi connectivity index (χ1) is 9.49. The Balaban J connectivity index is 4.24. The SMILES string of the molecule is CCCCC(C)(C)COC(=O)NCC(C(C)=O)C(C)(C)C. The summed E-state index contributed by atoms with van der Waals surface area (Å²) in [7, 11) is 0. The van der Waals surface area contributed by atoms with Gasteiger partial charge in [0.05, 0.1) is 6.61 Å². The van der Waals surface area contributed by atoms with Crippen LogP contribution in [-0.4, -0.2) is 25.0 Å². The molecule has 1 unspecified atom stereocenters. The quantitative estimate of drug-likeness (QED) is 0.731. The molecule has 0 aliphatic rings. The van der Waals surface area contributed by atoms with E-state index in [1.165, 1.54) is 0 Å². The van der Waals surface area contributed by atoms with Crippen molar-refractivity contribution < 1.29 is 14.3 Å². The highest BCUT2D eigenvalue weighted by Crippen LogP contribution is 2.26. The monoisotopic (exact) mass is 299 g/mol. The van der Waals surface area contributed by atoms with Gasteiger partial charge in [-0.05, 0) is 24.2 Å². The van der Waals surface area contributed by atoms with Gasteiger partial charge in [0.25, 0.3) is 0 Å². The lowest BCUT2D eigenvalue weighted by Crippen LogP contribution is -2.39. The maximum atomic E-state index is 11.8. The van der Waals surface area contributed by atoms with Crippen molar-refractivity contribution in [3.05, 3.63) is 0 Å². The lowest BCUT2D eigenvalue weighted by molar-refractivity contribution is -0.123. The minimum absolute atomic E-state index is 0.00262. The van der Waals surface area contributed by atoms with Gasteiger partial charge in [-0.15, -0.1) is 0 Å². The predicted molar refractivity (Wildman–Crippen MR) is 86.3 cm³/mol. The fourth-order valence-electron chi connectivity index (χ4n) is 2.28. The molecule has 1 amide bonds. The zero-order valence-electron chi connectivity index (χ0n) is 14.8. The van der Waals surface area contributed by atoms with Crippen LogP contribution in [-0.2, 0) is 9.53 Å². The molecule has 4 nitrogen and oxygen atoms in total. The zero-order chi connectivity index (χ0) is 16.7. The number of carbonyl (C=O) groups excluding carboxylic acids is 2. The van der Waals surface area contributed by atoms with Gasteiger partial charge in [-0.3, -0.25) is 4.79 Å². The molecule has 0 aromatic heterocycles. The summed E-state index contributed by atoms with van der Waals surface area (Å²) in [6.07, 6.45) is 2.88. The van der Waals surface area contributed by atoms with E-state index in [4.69, 9.17) is 4.74 Å². The predicted octanol–water partition coefficient (Wildman–Crippen LogP) is 4.18. The largest absolute Gasteiger partial charge is 0.449 e. The number of rotatable bonds is 8. The summed E-state index contributed by atoms with van der Waals surface area (Å²) in [6.45, 7) is 14.6. The van der Waals surface area contributed by atoms with Crippen LogP contribution in [0.2, 0.25) is 0 Å². The second kappa shape index (κ2) is 8.40. The number of unbranched alkanes of at least 4 members (excludes halogenated alkanes) is 1. The van der Waals surface area contributed by atoms with E-state index in [2.05, 4.69) is 26.1 Å². The number of hydrogen-bond donors (Lipinski definition) is 1. The van der Waals surface area contributed by atoms with Crippen molar-refractivity contribution in [1.29, 1.82) is 0 Å². The number of hydrogen-bond acceptors (Lipinski definition) is 3. The smallest absolute Gasteiger partial charge is 0.407 e. The molecule has 1 atom stereocenters. The van der Waals surface area contributed by atoms with Gasteiger partial charge in [0.1, 0.15) is 5.78 Å². The topological polar surface area (TPSA) is 55.4 Å². The molecule has 0 bridgehead atoms. The Labute approximate surface area is 130 Å². The Morgan fingerprint density at radius 2 is 1.71 bits per heavy atom. The van der Waals surface area contributed by atoms with Gasteiger partial charge in [-0.1, -0.05) is 54.4 Å². The number of ketones is 1. The summed E-state index contributed by atoms with van der Waals surface area (Å²) in [6, 6.07) is 0. The second-order valence-corrected chi connectivity index (χ2v) is 7.75. The van der Waals surface area contributed by atoms with E-state index in [9.17, 15) is 9.59 Å². The molecule has 0 aromatic carbocycles. The van der Waals surface area contributed by atoms with Crippen molar-refractivity contribution in [3.8, 4) is 0 Å². The molecule has 0 spiro atoms. The molecule has 0 aliphatic heterocycles. The molecule has 21 heavy (non-hydrogen) atoms. The average Bonchev–Trinajstić information content (AvgIpc) is 2.32. The Morgan fingerprint density at radius 3 is 2.14 bits per heavy atom. The normalized spacial score (nSPS) is 13.7. The lowest BCUT2D eigenvalue weighted by Gasteiger charge is -2.29. The number of carbonyl (C=O) groups is 2. The molecule has 0 saturated heterocycles. The van der Waals surface area contributed by atoms with Gasteiger partial charge in [-0.25, -0.2) is 4.79 Å². The molecular formula is C17H33NO3. The van der Waals surface area contributed by atoms with Crippen LogP contribution in [0.1, 0.15) is 67.7 Å². The van der Waals surface area contributed by atoms with E-state index >= 15 is 0 Å². The van der Waals surface area contributed by atoms with E-state index in [-0.39, 0.29) is 22.5 Å². The second-order valence-electron chi connectivity index (χ2n) is 7.75. The Morgan fingerprint density at radius 1 is 1.14 bits per heavy atom. The van der Waals surface area contributed by atoms with E-state index in [1.807, 2.05) is 20.8 Å². The first-order valence-corrected chi connectivity index (χ1v) is 7.90. The lowest BCUT2D eigenvalue weighted by atomic mass is 9.78. The minimum atomic E-state index is -0.435. The van der Waals surface area contributed by atoms with E-state index in [1.54, 1.807) is 6.92 Å². The molecule has 0 aliphatic carbocycles. The summed E-state index contributed by atoms with van der Waals surface area (Å²) < 4.78 is 5.29. The van der Waals surface area contributed by atoms with Crippen LogP contribution in [0.3, 0.4) is 0 Å². The van der Waals surface area contributed by atoms with Crippen LogP contribution in [0.4, 0.5) is 4.79 Å². The minimum Gasteiger partial charge on any atom is -0.449 e. The third-order valence-electron chi connectivity index (χ3n) is 3.79. The van der Waals surface area contributed by atoms with Crippen LogP contribution >= 0.6 is 0 Å². The fourth-order valence-corrected chi connectivity index (χ4v) is 2.28. The maximum absolute atomic E-state index is 11.8. The molecule has 0 saturated carbocycles. The van der Waals surface area contributed by atoms with Crippen LogP contribution in [0.25, 0.3) is 0 Å². The number of amides is 1. The van der Waals surface area contributed by atoms with Crippen molar-refractivity contribution in [3.63, 3.8) is 0 Å². The number of nitrogens with one attached hydrogen (secondary N) is 1. The van der Waals surface area contributed by atoms with E-state index in [0.29, 0.717) is 13.2 Å². The average molecular weight is 299 g/mol. The molecule has 1 N–H and O–H groups in total. The van der Waals surface area contributed by atoms with Gasteiger partial charge in [0.2, 0.25) is 0 Å². The van der Waals surface area contributed by atoms with Crippen LogP contribution < -0.4 is 5.32 Å². The summed E-state index contributed by atoms with van der Waals surface area (Å²) in [5.74, 6) is -0.107. The Hall–Kier alpha value is -1.06. The van der Waals surface area contributed by atoms with Gasteiger partial charge in [0, 0.05) is 12.5 Å². The third kappa shape index (κ3) is 8.74. The maximum Gasteiger partial charge on any atom is 0.407 e. The molecule has 0 fully saturated rings. The molecule has 0 aromatic rings. The van der Waals surface area contributed by atoms with Crippen LogP contribution in [0.15, 0.2) is 0 Å². The Bertz CT molecular complexity index is 342. The van der Waals surface area contributed by atoms with Crippen LogP contribution in [0.5, 0.6) is 0 Å². The molecule has 0 rings (SSSR count). The van der Waals surface area contributed by atoms with Crippen molar-refractivity contribution in [2.24, 2.45) is 16.7 Å². The summed E-state index contributed by atoms with van der Waals surface area (Å²) in [5, 5.41) is 2.72. The van der Waals surface area contributed by atoms with Gasteiger partial charge >= 0.3 is 6.09 Å². The summed E-state index contributed by atoms with van der Waals surface area (Å²) >= 11 is 0. The number of alkyl carbamates (subject to hydrolysis) is 1. The molecule has 4 heteroatoms. The zero-order valence-corrected chi connectivity index (χ0v) is 14.8. The van der Waals surface area contributed by atoms with Crippen LogP contribution in [0, 0.1) is 16.7 Å². The van der Waals surface area contributed by atoms with E-state index in [0.717, 1.165) is 19.3 Å². The first-order valence-electron chi connectivity index (χ1n) is 7.90. The molecule has 0 radical (unpaired) electrons. The van der Waals surface area contributed by atoms with Gasteiger partial charge in [-0.2, -0.15) is 0 Å². The highest BCUT2D eigenvalue weighted by molar-refractivity contribution is 5.80.